The summed E-state index contributed by atoms with van der Waals surface area (Å²) in [4.78, 5) is 23.0. The van der Waals surface area contributed by atoms with Crippen LogP contribution in [-0.4, -0.2) is 36.1 Å². The lowest BCUT2D eigenvalue weighted by atomic mass is 10.2. The minimum atomic E-state index is -0.215. The molecule has 0 saturated heterocycles. The van der Waals surface area contributed by atoms with E-state index in [9.17, 15) is 4.79 Å². The molecule has 3 rings (SSSR count). The number of hydrogen-bond donors (Lipinski definition) is 1. The Morgan fingerprint density at radius 1 is 1.00 bits per heavy atom. The summed E-state index contributed by atoms with van der Waals surface area (Å²) in [5, 5.41) is 2.76. The van der Waals surface area contributed by atoms with E-state index in [2.05, 4.69) is 27.4 Å². The first-order chi connectivity index (χ1) is 13.3. The molecule has 0 atom stereocenters. The van der Waals surface area contributed by atoms with E-state index >= 15 is 0 Å². The van der Waals surface area contributed by atoms with E-state index in [0.29, 0.717) is 31.2 Å². The Hall–Kier alpha value is -3.25. The first-order valence-corrected chi connectivity index (χ1v) is 8.73. The third-order valence-electron chi connectivity index (χ3n) is 3.98. The molecule has 2 aromatic carbocycles. The van der Waals surface area contributed by atoms with E-state index < -0.39 is 0 Å². The maximum absolute atomic E-state index is 12.1. The van der Waals surface area contributed by atoms with Crippen molar-refractivity contribution >= 4 is 17.5 Å². The molecule has 1 aromatic heterocycles. The highest BCUT2D eigenvalue weighted by molar-refractivity contribution is 5.93. The summed E-state index contributed by atoms with van der Waals surface area (Å²) in [6.45, 7) is 1.54. The molecular formula is C21H22N4O2. The van der Waals surface area contributed by atoms with Crippen LogP contribution in [0.25, 0.3) is 0 Å². The lowest BCUT2D eigenvalue weighted by Gasteiger charge is -2.23. The van der Waals surface area contributed by atoms with Crippen LogP contribution in [0.5, 0.6) is 0 Å². The van der Waals surface area contributed by atoms with Gasteiger partial charge in [0.25, 0.3) is 5.91 Å². The first kappa shape index (κ1) is 18.5. The molecule has 1 amide bonds. The van der Waals surface area contributed by atoms with Gasteiger partial charge in [-0.2, -0.15) is 0 Å². The van der Waals surface area contributed by atoms with Crippen LogP contribution in [0.4, 0.5) is 11.6 Å². The second-order valence-corrected chi connectivity index (χ2v) is 5.93. The molecule has 0 saturated carbocycles. The molecule has 1 heterocycles. The van der Waals surface area contributed by atoms with Gasteiger partial charge in [-0.3, -0.25) is 4.79 Å². The number of benzene rings is 2. The Labute approximate surface area is 158 Å². The zero-order valence-corrected chi connectivity index (χ0v) is 15.2. The molecule has 138 valence electrons. The quantitative estimate of drug-likeness (QED) is 0.624. The highest BCUT2D eigenvalue weighted by Gasteiger charge is 2.14. The number of ether oxygens (including phenoxy) is 1. The van der Waals surface area contributed by atoms with Gasteiger partial charge in [0.2, 0.25) is 5.95 Å². The Balaban J connectivity index is 1.81. The molecule has 6 heteroatoms. The number of rotatable bonds is 8. The number of methoxy groups -OCH3 is 1. The fourth-order valence-electron chi connectivity index (χ4n) is 2.60. The summed E-state index contributed by atoms with van der Waals surface area (Å²) in [6.07, 6.45) is 3.09. The summed E-state index contributed by atoms with van der Waals surface area (Å²) in [6, 6.07) is 20.1. The van der Waals surface area contributed by atoms with Gasteiger partial charge in [0.05, 0.1) is 18.7 Å². The van der Waals surface area contributed by atoms with Crippen molar-refractivity contribution in [3.63, 3.8) is 0 Å². The van der Waals surface area contributed by atoms with Crippen LogP contribution < -0.4 is 10.2 Å². The molecule has 1 N–H and O–H groups in total. The molecule has 0 aliphatic rings. The monoisotopic (exact) mass is 362 g/mol. The van der Waals surface area contributed by atoms with Crippen molar-refractivity contribution in [3.8, 4) is 0 Å². The van der Waals surface area contributed by atoms with Crippen molar-refractivity contribution in [1.82, 2.24) is 15.3 Å². The van der Waals surface area contributed by atoms with Crippen LogP contribution in [-0.2, 0) is 11.3 Å². The lowest BCUT2D eigenvalue weighted by Crippen LogP contribution is -2.27. The van der Waals surface area contributed by atoms with Gasteiger partial charge < -0.3 is 15.0 Å². The van der Waals surface area contributed by atoms with Crippen LogP contribution >= 0.6 is 0 Å². The number of nitrogens with zero attached hydrogens (tertiary/aromatic N) is 3. The Morgan fingerprint density at radius 2 is 1.63 bits per heavy atom. The predicted octanol–water partition coefficient (Wildman–Crippen LogP) is 3.19. The van der Waals surface area contributed by atoms with Gasteiger partial charge >= 0.3 is 0 Å². The SMILES string of the molecule is COCCNC(=O)c1cnc(N(Cc2ccccc2)c2ccccc2)nc1. The highest BCUT2D eigenvalue weighted by Crippen LogP contribution is 2.24. The van der Waals surface area contributed by atoms with Crippen molar-refractivity contribution < 1.29 is 9.53 Å². The second kappa shape index (κ2) is 9.45. The summed E-state index contributed by atoms with van der Waals surface area (Å²) in [5.41, 5.74) is 2.55. The molecule has 0 unspecified atom stereocenters. The average Bonchev–Trinajstić information content (AvgIpc) is 2.74. The molecule has 6 nitrogen and oxygen atoms in total. The number of para-hydroxylation sites is 1. The normalized spacial score (nSPS) is 10.4. The highest BCUT2D eigenvalue weighted by atomic mass is 16.5. The largest absolute Gasteiger partial charge is 0.383 e. The van der Waals surface area contributed by atoms with Gasteiger partial charge in [-0.15, -0.1) is 0 Å². The van der Waals surface area contributed by atoms with Crippen LogP contribution in [0.1, 0.15) is 15.9 Å². The number of aromatic nitrogens is 2. The van der Waals surface area contributed by atoms with Crippen molar-refractivity contribution in [2.75, 3.05) is 25.2 Å². The van der Waals surface area contributed by atoms with Gasteiger partial charge in [-0.1, -0.05) is 48.5 Å². The molecule has 0 bridgehead atoms. The molecule has 0 fully saturated rings. The maximum Gasteiger partial charge on any atom is 0.254 e. The average molecular weight is 362 g/mol. The fraction of sp³-hybridized carbons (Fsp3) is 0.190. The van der Waals surface area contributed by atoms with Crippen molar-refractivity contribution in [2.45, 2.75) is 6.54 Å². The summed E-state index contributed by atoms with van der Waals surface area (Å²) in [7, 11) is 1.59. The number of carbonyl (C=O) groups is 1. The molecule has 0 aliphatic heterocycles. The Bertz CT molecular complexity index is 839. The molecule has 0 spiro atoms. The van der Waals surface area contributed by atoms with Gasteiger partial charge in [-0.25, -0.2) is 9.97 Å². The van der Waals surface area contributed by atoms with Crippen molar-refractivity contribution in [1.29, 1.82) is 0 Å². The summed E-state index contributed by atoms with van der Waals surface area (Å²) in [5.74, 6) is 0.325. The van der Waals surface area contributed by atoms with Crippen LogP contribution in [0, 0.1) is 0 Å². The van der Waals surface area contributed by atoms with E-state index in [4.69, 9.17) is 4.74 Å². The molecule has 27 heavy (non-hydrogen) atoms. The van der Waals surface area contributed by atoms with Gasteiger partial charge in [0.15, 0.2) is 0 Å². The molecule has 0 radical (unpaired) electrons. The van der Waals surface area contributed by atoms with E-state index in [1.54, 1.807) is 19.5 Å². The van der Waals surface area contributed by atoms with E-state index in [1.165, 1.54) is 0 Å². The third kappa shape index (κ3) is 5.12. The maximum atomic E-state index is 12.1. The van der Waals surface area contributed by atoms with Crippen molar-refractivity contribution in [2.24, 2.45) is 0 Å². The third-order valence-corrected chi connectivity index (χ3v) is 3.98. The summed E-state index contributed by atoms with van der Waals surface area (Å²) < 4.78 is 4.93. The van der Waals surface area contributed by atoms with Crippen LogP contribution in [0.2, 0.25) is 0 Å². The molecule has 0 aliphatic carbocycles. The topological polar surface area (TPSA) is 67.3 Å². The zero-order valence-electron chi connectivity index (χ0n) is 15.2. The van der Waals surface area contributed by atoms with Gasteiger partial charge in [-0.05, 0) is 17.7 Å². The Morgan fingerprint density at radius 3 is 2.26 bits per heavy atom. The minimum Gasteiger partial charge on any atom is -0.383 e. The number of hydrogen-bond acceptors (Lipinski definition) is 5. The van der Waals surface area contributed by atoms with Crippen LogP contribution in [0.15, 0.2) is 73.1 Å². The standard InChI is InChI=1S/C21H22N4O2/c1-27-13-12-22-20(26)18-14-23-21(24-15-18)25(19-10-6-3-7-11-19)16-17-8-4-2-5-9-17/h2-11,14-15H,12-13,16H2,1H3,(H,22,26). The number of carbonyl (C=O) groups excluding carboxylic acids is 1. The van der Waals surface area contributed by atoms with E-state index in [1.807, 2.05) is 53.4 Å². The predicted molar refractivity (Wildman–Crippen MR) is 105 cm³/mol. The van der Waals surface area contributed by atoms with Gasteiger partial charge in [0, 0.05) is 31.7 Å². The number of nitrogens with one attached hydrogen (secondary N) is 1. The van der Waals surface area contributed by atoms with E-state index in [-0.39, 0.29) is 5.91 Å². The minimum absolute atomic E-state index is 0.215. The first-order valence-electron chi connectivity index (χ1n) is 8.73. The second-order valence-electron chi connectivity index (χ2n) is 5.93. The summed E-state index contributed by atoms with van der Waals surface area (Å²) >= 11 is 0. The number of amides is 1. The lowest BCUT2D eigenvalue weighted by molar-refractivity contribution is 0.0936. The zero-order chi connectivity index (χ0) is 18.9. The van der Waals surface area contributed by atoms with Crippen LogP contribution in [0.3, 0.4) is 0 Å². The van der Waals surface area contributed by atoms with Gasteiger partial charge in [0.1, 0.15) is 0 Å². The smallest absolute Gasteiger partial charge is 0.254 e. The molecule has 3 aromatic rings. The van der Waals surface area contributed by atoms with Crippen molar-refractivity contribution in [3.05, 3.63) is 84.2 Å². The van der Waals surface area contributed by atoms with E-state index in [0.717, 1.165) is 11.3 Å². The number of anilines is 2. The molecular weight excluding hydrogens is 340 g/mol. The Kier molecular flexibility index (Phi) is 6.49. The fourth-order valence-corrected chi connectivity index (χ4v) is 2.60.